The number of nitrogen functional groups attached to an aromatic ring is 1. The molecule has 0 unspecified atom stereocenters. The molecule has 0 aromatic carbocycles. The summed E-state index contributed by atoms with van der Waals surface area (Å²) in [6.45, 7) is 0.655. The lowest BCUT2D eigenvalue weighted by Crippen LogP contribution is -2.24. The zero-order valence-corrected chi connectivity index (χ0v) is 10.5. The average Bonchev–Trinajstić information content (AvgIpc) is 2.73. The van der Waals surface area contributed by atoms with Gasteiger partial charge in [-0.05, 0) is 12.8 Å². The van der Waals surface area contributed by atoms with E-state index in [1.807, 2.05) is 0 Å². The van der Waals surface area contributed by atoms with Crippen LogP contribution in [0.15, 0.2) is 12.4 Å². The van der Waals surface area contributed by atoms with Gasteiger partial charge in [0.2, 0.25) is 0 Å². The van der Waals surface area contributed by atoms with Crippen LogP contribution in [0.5, 0.6) is 0 Å². The summed E-state index contributed by atoms with van der Waals surface area (Å²) >= 11 is 1.24. The van der Waals surface area contributed by atoms with Gasteiger partial charge in [0.25, 0.3) is 5.91 Å². The van der Waals surface area contributed by atoms with Crippen LogP contribution in [0, 0.1) is 0 Å². The van der Waals surface area contributed by atoms with Crippen molar-refractivity contribution in [2.24, 2.45) is 0 Å². The van der Waals surface area contributed by atoms with Gasteiger partial charge < -0.3 is 16.2 Å². The fraction of sp³-hybridized carbons (Fsp3) is 0.364. The van der Waals surface area contributed by atoms with Gasteiger partial charge in [-0.25, -0.2) is 9.97 Å². The molecule has 96 valence electrons. The number of nitrogens with zero attached hydrogens (tertiary/aromatic N) is 2. The molecule has 6 nitrogen and oxygen atoms in total. The number of carbonyl (C=O) groups excluding carboxylic acids is 1. The molecule has 18 heavy (non-hydrogen) atoms. The topological polar surface area (TPSA) is 101 Å². The Morgan fingerprint density at radius 1 is 1.39 bits per heavy atom. The molecule has 0 atom stereocenters. The number of rotatable bonds is 5. The molecular formula is C11H14N4O2S. The highest BCUT2D eigenvalue weighted by atomic mass is 32.1. The lowest BCUT2D eigenvalue weighted by molar-refractivity contribution is 0.0957. The first-order valence-electron chi connectivity index (χ1n) is 5.62. The summed E-state index contributed by atoms with van der Waals surface area (Å²) < 4.78 is 0. The number of hydrogen-bond donors (Lipinski definition) is 3. The van der Waals surface area contributed by atoms with Gasteiger partial charge in [-0.2, -0.15) is 0 Å². The molecule has 2 rings (SSSR count). The molecule has 0 bridgehead atoms. The fourth-order valence-electron chi connectivity index (χ4n) is 1.53. The second-order valence-electron chi connectivity index (χ2n) is 3.74. The Morgan fingerprint density at radius 2 is 2.17 bits per heavy atom. The van der Waals surface area contributed by atoms with Crippen molar-refractivity contribution >= 4 is 33.3 Å². The molecule has 0 fully saturated rings. The van der Waals surface area contributed by atoms with E-state index in [0.29, 0.717) is 33.9 Å². The monoisotopic (exact) mass is 266 g/mol. The van der Waals surface area contributed by atoms with E-state index >= 15 is 0 Å². The number of carbonyl (C=O) groups is 1. The maximum atomic E-state index is 11.9. The minimum Gasteiger partial charge on any atom is -0.396 e. The summed E-state index contributed by atoms with van der Waals surface area (Å²) in [7, 11) is 0. The summed E-state index contributed by atoms with van der Waals surface area (Å²) in [5.41, 5.74) is 6.83. The van der Waals surface area contributed by atoms with Crippen molar-refractivity contribution in [1.29, 1.82) is 0 Å². The standard InChI is InChI=1S/C11H14N4O2S/c12-7-8-11(15-5-4-13-8)18-9(7)10(17)14-3-1-2-6-16/h4-5,16H,1-3,6,12H2,(H,14,17). The van der Waals surface area contributed by atoms with E-state index in [1.54, 1.807) is 12.4 Å². The third-order valence-corrected chi connectivity index (χ3v) is 3.54. The van der Waals surface area contributed by atoms with Crippen molar-refractivity contribution in [3.05, 3.63) is 17.3 Å². The van der Waals surface area contributed by atoms with Gasteiger partial charge in [-0.15, -0.1) is 11.3 Å². The molecule has 1 amide bonds. The molecule has 0 saturated carbocycles. The molecule has 2 aromatic heterocycles. The second kappa shape index (κ2) is 5.74. The highest BCUT2D eigenvalue weighted by Crippen LogP contribution is 2.30. The number of aliphatic hydroxyl groups is 1. The Kier molecular flexibility index (Phi) is 4.06. The van der Waals surface area contributed by atoms with E-state index in [9.17, 15) is 4.79 Å². The van der Waals surface area contributed by atoms with Crippen LogP contribution in [-0.2, 0) is 0 Å². The summed E-state index contributed by atoms with van der Waals surface area (Å²) in [6, 6.07) is 0. The quantitative estimate of drug-likeness (QED) is 0.694. The molecule has 2 aromatic rings. The number of aliphatic hydroxyl groups excluding tert-OH is 1. The number of anilines is 1. The number of unbranched alkanes of at least 4 members (excludes halogenated alkanes) is 1. The van der Waals surface area contributed by atoms with Gasteiger partial charge in [0.15, 0.2) is 0 Å². The molecule has 0 aliphatic rings. The molecule has 0 saturated heterocycles. The Labute approximate surface area is 108 Å². The Hall–Kier alpha value is -1.73. The zero-order valence-electron chi connectivity index (χ0n) is 9.72. The Balaban J connectivity index is 2.10. The number of hydrogen-bond acceptors (Lipinski definition) is 6. The average molecular weight is 266 g/mol. The number of aromatic nitrogens is 2. The number of fused-ring (bicyclic) bond motifs is 1. The molecule has 0 radical (unpaired) electrons. The predicted molar refractivity (Wildman–Crippen MR) is 70.5 cm³/mol. The smallest absolute Gasteiger partial charge is 0.263 e. The van der Waals surface area contributed by atoms with Crippen molar-refractivity contribution in [3.8, 4) is 0 Å². The summed E-state index contributed by atoms with van der Waals surface area (Å²) in [5.74, 6) is -0.213. The third-order valence-electron chi connectivity index (χ3n) is 2.44. The van der Waals surface area contributed by atoms with Crippen molar-refractivity contribution in [2.45, 2.75) is 12.8 Å². The second-order valence-corrected chi connectivity index (χ2v) is 4.74. The van der Waals surface area contributed by atoms with Crippen molar-refractivity contribution < 1.29 is 9.90 Å². The first kappa shape index (κ1) is 12.7. The number of thiophene rings is 1. The van der Waals surface area contributed by atoms with Crippen LogP contribution >= 0.6 is 11.3 Å². The lowest BCUT2D eigenvalue weighted by Gasteiger charge is -2.02. The number of nitrogens with two attached hydrogens (primary N) is 1. The predicted octanol–water partition coefficient (Wildman–Crippen LogP) is 0.776. The van der Waals surface area contributed by atoms with E-state index in [2.05, 4.69) is 15.3 Å². The normalized spacial score (nSPS) is 10.7. The Morgan fingerprint density at radius 3 is 2.89 bits per heavy atom. The van der Waals surface area contributed by atoms with Gasteiger partial charge in [0.05, 0.1) is 5.69 Å². The van der Waals surface area contributed by atoms with Crippen molar-refractivity contribution in [2.75, 3.05) is 18.9 Å². The minimum absolute atomic E-state index is 0.134. The maximum Gasteiger partial charge on any atom is 0.263 e. The van der Waals surface area contributed by atoms with Gasteiger partial charge in [0.1, 0.15) is 15.2 Å². The minimum atomic E-state index is -0.213. The maximum absolute atomic E-state index is 11.9. The molecule has 0 aliphatic heterocycles. The van der Waals surface area contributed by atoms with E-state index in [1.165, 1.54) is 11.3 Å². The summed E-state index contributed by atoms with van der Waals surface area (Å²) in [4.78, 5) is 21.2. The van der Waals surface area contributed by atoms with E-state index in [4.69, 9.17) is 10.8 Å². The largest absolute Gasteiger partial charge is 0.396 e. The first-order valence-corrected chi connectivity index (χ1v) is 6.43. The van der Waals surface area contributed by atoms with Crippen LogP contribution in [0.2, 0.25) is 0 Å². The SMILES string of the molecule is Nc1c(C(=O)NCCCCO)sc2nccnc12. The summed E-state index contributed by atoms with van der Waals surface area (Å²) in [6.07, 6.45) is 4.53. The van der Waals surface area contributed by atoms with E-state index in [-0.39, 0.29) is 12.5 Å². The van der Waals surface area contributed by atoms with Gasteiger partial charge in [-0.1, -0.05) is 0 Å². The zero-order chi connectivity index (χ0) is 13.0. The van der Waals surface area contributed by atoms with Crippen LogP contribution in [0.3, 0.4) is 0 Å². The molecule has 4 N–H and O–H groups in total. The van der Waals surface area contributed by atoms with Gasteiger partial charge in [0, 0.05) is 25.5 Å². The molecular weight excluding hydrogens is 252 g/mol. The van der Waals surface area contributed by atoms with Crippen LogP contribution in [0.4, 0.5) is 5.69 Å². The van der Waals surface area contributed by atoms with Crippen molar-refractivity contribution in [3.63, 3.8) is 0 Å². The van der Waals surface area contributed by atoms with Crippen LogP contribution in [0.1, 0.15) is 22.5 Å². The highest BCUT2D eigenvalue weighted by Gasteiger charge is 2.17. The third kappa shape index (κ3) is 2.57. The van der Waals surface area contributed by atoms with Crippen LogP contribution < -0.4 is 11.1 Å². The van der Waals surface area contributed by atoms with Crippen LogP contribution in [0.25, 0.3) is 10.3 Å². The number of nitrogens with one attached hydrogen (secondary N) is 1. The highest BCUT2D eigenvalue weighted by molar-refractivity contribution is 7.21. The van der Waals surface area contributed by atoms with E-state index < -0.39 is 0 Å². The number of amides is 1. The van der Waals surface area contributed by atoms with Gasteiger partial charge in [-0.3, -0.25) is 4.79 Å². The first-order chi connectivity index (χ1) is 8.74. The van der Waals surface area contributed by atoms with Crippen LogP contribution in [-0.4, -0.2) is 34.1 Å². The van der Waals surface area contributed by atoms with Crippen molar-refractivity contribution in [1.82, 2.24) is 15.3 Å². The molecule has 0 aliphatic carbocycles. The lowest BCUT2D eigenvalue weighted by atomic mass is 10.3. The van der Waals surface area contributed by atoms with E-state index in [0.717, 1.165) is 6.42 Å². The molecule has 7 heteroatoms. The molecule has 0 spiro atoms. The van der Waals surface area contributed by atoms with Gasteiger partial charge >= 0.3 is 0 Å². The molecule has 2 heterocycles. The fourth-order valence-corrected chi connectivity index (χ4v) is 2.47. The Bertz CT molecular complexity index is 555. The summed E-state index contributed by atoms with van der Waals surface area (Å²) in [5, 5.41) is 11.4.